The molecule has 0 bridgehead atoms. The molecule has 5 heteroatoms. The summed E-state index contributed by atoms with van der Waals surface area (Å²) in [6.45, 7) is 5.64. The second kappa shape index (κ2) is 7.38. The highest BCUT2D eigenvalue weighted by molar-refractivity contribution is 7.89. The average molecular weight is 310 g/mol. The summed E-state index contributed by atoms with van der Waals surface area (Å²) in [4.78, 5) is 0.362. The fraction of sp³-hybridized carbons (Fsp3) is 0.625. The summed E-state index contributed by atoms with van der Waals surface area (Å²) in [5.41, 5.74) is 1.01. The van der Waals surface area contributed by atoms with Gasteiger partial charge in [-0.2, -0.15) is 0 Å². The molecule has 1 aromatic rings. The summed E-state index contributed by atoms with van der Waals surface area (Å²) >= 11 is 0. The van der Waals surface area contributed by atoms with Gasteiger partial charge in [0.25, 0.3) is 0 Å². The van der Waals surface area contributed by atoms with Gasteiger partial charge in [0.15, 0.2) is 0 Å². The predicted octanol–water partition coefficient (Wildman–Crippen LogP) is 2.83. The SMILES string of the molecule is CCCNC(C)c1cccc(S(=O)(=O)NCCC2CC2)c1. The molecule has 0 aliphatic heterocycles. The van der Waals surface area contributed by atoms with Gasteiger partial charge in [-0.1, -0.05) is 31.9 Å². The van der Waals surface area contributed by atoms with Crippen molar-refractivity contribution in [2.24, 2.45) is 5.92 Å². The predicted molar refractivity (Wildman–Crippen MR) is 85.7 cm³/mol. The fourth-order valence-corrected chi connectivity index (χ4v) is 3.42. The first-order valence-corrected chi connectivity index (χ1v) is 9.34. The molecule has 21 heavy (non-hydrogen) atoms. The van der Waals surface area contributed by atoms with Crippen LogP contribution in [0.1, 0.15) is 51.1 Å². The molecule has 1 aliphatic carbocycles. The molecule has 1 fully saturated rings. The molecule has 0 heterocycles. The molecule has 1 aliphatic rings. The van der Waals surface area contributed by atoms with Crippen molar-refractivity contribution in [3.63, 3.8) is 0 Å². The van der Waals surface area contributed by atoms with Crippen molar-refractivity contribution in [3.05, 3.63) is 29.8 Å². The summed E-state index contributed by atoms with van der Waals surface area (Å²) in [6, 6.07) is 7.37. The number of benzene rings is 1. The lowest BCUT2D eigenvalue weighted by atomic mass is 10.1. The Bertz CT molecular complexity index is 553. The monoisotopic (exact) mass is 310 g/mol. The molecule has 1 unspecified atom stereocenters. The van der Waals surface area contributed by atoms with Crippen LogP contribution in [-0.4, -0.2) is 21.5 Å². The van der Waals surface area contributed by atoms with Crippen LogP contribution < -0.4 is 10.0 Å². The Morgan fingerprint density at radius 3 is 2.71 bits per heavy atom. The van der Waals surface area contributed by atoms with Crippen molar-refractivity contribution >= 4 is 10.0 Å². The fourth-order valence-electron chi connectivity index (χ4n) is 2.32. The Morgan fingerprint density at radius 1 is 1.29 bits per heavy atom. The van der Waals surface area contributed by atoms with Gasteiger partial charge in [-0.15, -0.1) is 0 Å². The number of hydrogen-bond acceptors (Lipinski definition) is 3. The van der Waals surface area contributed by atoms with Crippen molar-refractivity contribution in [2.75, 3.05) is 13.1 Å². The van der Waals surface area contributed by atoms with Crippen molar-refractivity contribution in [2.45, 2.75) is 50.5 Å². The minimum absolute atomic E-state index is 0.159. The molecule has 118 valence electrons. The van der Waals surface area contributed by atoms with Crippen molar-refractivity contribution < 1.29 is 8.42 Å². The number of rotatable bonds is 9. The van der Waals surface area contributed by atoms with Gasteiger partial charge in [-0.05, 0) is 49.9 Å². The van der Waals surface area contributed by atoms with E-state index < -0.39 is 10.0 Å². The molecule has 1 saturated carbocycles. The van der Waals surface area contributed by atoms with Crippen LogP contribution >= 0.6 is 0 Å². The molecule has 0 radical (unpaired) electrons. The van der Waals surface area contributed by atoms with E-state index >= 15 is 0 Å². The van der Waals surface area contributed by atoms with E-state index in [1.165, 1.54) is 12.8 Å². The second-order valence-corrected chi connectivity index (χ2v) is 7.65. The lowest BCUT2D eigenvalue weighted by Gasteiger charge is -2.15. The Kier molecular flexibility index (Phi) is 5.79. The van der Waals surface area contributed by atoms with Gasteiger partial charge in [0.1, 0.15) is 0 Å². The molecule has 1 aromatic carbocycles. The lowest BCUT2D eigenvalue weighted by molar-refractivity contribution is 0.565. The van der Waals surface area contributed by atoms with Gasteiger partial charge >= 0.3 is 0 Å². The highest BCUT2D eigenvalue weighted by atomic mass is 32.2. The zero-order valence-corrected chi connectivity index (χ0v) is 13.7. The van der Waals surface area contributed by atoms with Gasteiger partial charge in [0.05, 0.1) is 4.90 Å². The highest BCUT2D eigenvalue weighted by Gasteiger charge is 2.22. The van der Waals surface area contributed by atoms with Crippen LogP contribution in [0.15, 0.2) is 29.2 Å². The first kappa shape index (κ1) is 16.5. The van der Waals surface area contributed by atoms with Crippen LogP contribution in [0, 0.1) is 5.92 Å². The van der Waals surface area contributed by atoms with Crippen LogP contribution in [0.25, 0.3) is 0 Å². The quantitative estimate of drug-likeness (QED) is 0.737. The van der Waals surface area contributed by atoms with Gasteiger partial charge < -0.3 is 5.32 Å². The zero-order chi connectivity index (χ0) is 15.3. The zero-order valence-electron chi connectivity index (χ0n) is 12.9. The molecule has 1 atom stereocenters. The van der Waals surface area contributed by atoms with Crippen LogP contribution in [0.3, 0.4) is 0 Å². The number of nitrogens with one attached hydrogen (secondary N) is 2. The third kappa shape index (κ3) is 5.09. The first-order chi connectivity index (χ1) is 10.0. The maximum absolute atomic E-state index is 12.3. The minimum atomic E-state index is -3.38. The summed E-state index contributed by atoms with van der Waals surface area (Å²) in [6.07, 6.45) is 4.51. The largest absolute Gasteiger partial charge is 0.310 e. The third-order valence-electron chi connectivity index (χ3n) is 3.91. The van der Waals surface area contributed by atoms with E-state index in [0.717, 1.165) is 30.9 Å². The molecule has 2 rings (SSSR count). The molecule has 4 nitrogen and oxygen atoms in total. The molecule has 2 N–H and O–H groups in total. The van der Waals surface area contributed by atoms with E-state index in [4.69, 9.17) is 0 Å². The number of hydrogen-bond donors (Lipinski definition) is 2. The van der Waals surface area contributed by atoms with Crippen LogP contribution in [0.4, 0.5) is 0 Å². The summed E-state index contributed by atoms with van der Waals surface area (Å²) in [5.74, 6) is 0.734. The number of sulfonamides is 1. The Labute approximate surface area is 128 Å². The topological polar surface area (TPSA) is 58.2 Å². The first-order valence-electron chi connectivity index (χ1n) is 7.86. The standard InChI is InChI=1S/C16H26N2O2S/c1-3-10-17-13(2)15-5-4-6-16(12-15)21(19,20)18-11-9-14-7-8-14/h4-6,12-14,17-18H,3,7-11H2,1-2H3. The lowest BCUT2D eigenvalue weighted by Crippen LogP contribution is -2.25. The summed E-state index contributed by atoms with van der Waals surface area (Å²) in [7, 11) is -3.38. The maximum Gasteiger partial charge on any atom is 0.240 e. The van der Waals surface area contributed by atoms with E-state index in [0.29, 0.717) is 11.4 Å². The van der Waals surface area contributed by atoms with Gasteiger partial charge in [-0.25, -0.2) is 13.1 Å². The van der Waals surface area contributed by atoms with Crippen LogP contribution in [0.5, 0.6) is 0 Å². The van der Waals surface area contributed by atoms with E-state index in [-0.39, 0.29) is 6.04 Å². The molecule has 0 spiro atoms. The summed E-state index contributed by atoms with van der Waals surface area (Å²) in [5, 5.41) is 3.38. The van der Waals surface area contributed by atoms with Crippen molar-refractivity contribution in [3.8, 4) is 0 Å². The van der Waals surface area contributed by atoms with Crippen LogP contribution in [0.2, 0.25) is 0 Å². The van der Waals surface area contributed by atoms with E-state index in [2.05, 4.69) is 23.9 Å². The van der Waals surface area contributed by atoms with Gasteiger partial charge in [-0.3, -0.25) is 0 Å². The highest BCUT2D eigenvalue weighted by Crippen LogP contribution is 2.31. The Morgan fingerprint density at radius 2 is 2.05 bits per heavy atom. The van der Waals surface area contributed by atoms with Gasteiger partial charge in [0.2, 0.25) is 10.0 Å². The van der Waals surface area contributed by atoms with E-state index in [1.54, 1.807) is 12.1 Å². The van der Waals surface area contributed by atoms with Crippen molar-refractivity contribution in [1.29, 1.82) is 0 Å². The Hall–Kier alpha value is -0.910. The van der Waals surface area contributed by atoms with Crippen molar-refractivity contribution in [1.82, 2.24) is 10.0 Å². The normalized spacial score (nSPS) is 16.9. The molecule has 0 aromatic heterocycles. The second-order valence-electron chi connectivity index (χ2n) is 5.88. The molecule has 0 saturated heterocycles. The van der Waals surface area contributed by atoms with E-state index in [9.17, 15) is 8.42 Å². The van der Waals surface area contributed by atoms with Gasteiger partial charge in [0, 0.05) is 12.6 Å². The average Bonchev–Trinajstić information content (AvgIpc) is 3.29. The Balaban J connectivity index is 2.00. The van der Waals surface area contributed by atoms with Crippen LogP contribution in [-0.2, 0) is 10.0 Å². The smallest absolute Gasteiger partial charge is 0.240 e. The third-order valence-corrected chi connectivity index (χ3v) is 5.37. The molecule has 0 amide bonds. The maximum atomic E-state index is 12.3. The molecular formula is C16H26N2O2S. The minimum Gasteiger partial charge on any atom is -0.310 e. The molecular weight excluding hydrogens is 284 g/mol. The van der Waals surface area contributed by atoms with E-state index in [1.807, 2.05) is 12.1 Å². The summed E-state index contributed by atoms with van der Waals surface area (Å²) < 4.78 is 27.3.